The van der Waals surface area contributed by atoms with Crippen molar-refractivity contribution in [1.82, 2.24) is 9.88 Å². The van der Waals surface area contributed by atoms with E-state index >= 15 is 0 Å². The number of anilines is 1. The van der Waals surface area contributed by atoms with Gasteiger partial charge in [-0.3, -0.25) is 9.59 Å². The summed E-state index contributed by atoms with van der Waals surface area (Å²) in [5.74, 6) is -0.360. The van der Waals surface area contributed by atoms with Gasteiger partial charge >= 0.3 is 0 Å². The van der Waals surface area contributed by atoms with Crippen LogP contribution in [0.1, 0.15) is 17.5 Å². The highest BCUT2D eigenvalue weighted by Gasteiger charge is 2.09. The second-order valence-electron chi connectivity index (χ2n) is 6.41. The predicted octanol–water partition coefficient (Wildman–Crippen LogP) is 3.40. The third-order valence-electron chi connectivity index (χ3n) is 4.45. The van der Waals surface area contributed by atoms with Gasteiger partial charge in [0.05, 0.1) is 6.54 Å². The average Bonchev–Trinajstić information content (AvgIpc) is 3.04. The van der Waals surface area contributed by atoms with Crippen molar-refractivity contribution in [2.75, 3.05) is 11.9 Å². The summed E-state index contributed by atoms with van der Waals surface area (Å²) < 4.78 is 2.05. The highest BCUT2D eigenvalue weighted by atomic mass is 16.2. The van der Waals surface area contributed by atoms with E-state index in [1.165, 1.54) is 0 Å². The van der Waals surface area contributed by atoms with Crippen molar-refractivity contribution in [2.45, 2.75) is 26.8 Å². The molecule has 2 amide bonds. The number of nitrogens with zero attached hydrogens (tertiary/aromatic N) is 1. The average molecular weight is 349 g/mol. The molecule has 0 spiro atoms. The van der Waals surface area contributed by atoms with Crippen molar-refractivity contribution in [3.8, 4) is 0 Å². The van der Waals surface area contributed by atoms with Gasteiger partial charge in [0.15, 0.2) is 0 Å². The Morgan fingerprint density at radius 1 is 0.923 bits per heavy atom. The number of amides is 2. The summed E-state index contributed by atoms with van der Waals surface area (Å²) in [7, 11) is 0. The minimum absolute atomic E-state index is 0.0287. The van der Waals surface area contributed by atoms with Crippen LogP contribution in [0.4, 0.5) is 5.69 Å². The monoisotopic (exact) mass is 349 g/mol. The fourth-order valence-electron chi connectivity index (χ4n) is 3.02. The molecular formula is C21H23N3O2. The van der Waals surface area contributed by atoms with Gasteiger partial charge in [-0.1, -0.05) is 36.4 Å². The van der Waals surface area contributed by atoms with Gasteiger partial charge in [-0.25, -0.2) is 0 Å². The number of carbonyl (C=O) groups is 2. The molecule has 0 aliphatic carbocycles. The molecule has 2 aromatic carbocycles. The molecule has 1 aromatic heterocycles. The first kappa shape index (κ1) is 17.7. The van der Waals surface area contributed by atoms with Crippen LogP contribution in [0, 0.1) is 13.8 Å². The normalized spacial score (nSPS) is 10.7. The molecule has 0 aliphatic heterocycles. The zero-order valence-electron chi connectivity index (χ0n) is 15.1. The Morgan fingerprint density at radius 2 is 1.65 bits per heavy atom. The van der Waals surface area contributed by atoms with Crippen molar-refractivity contribution in [2.24, 2.45) is 0 Å². The molecule has 0 aliphatic rings. The number of rotatable bonds is 6. The standard InChI is InChI=1S/C21H23N3O2/c1-15-6-5-7-16(2)21(15)23-20(26)14-22-19(25)11-13-24-12-10-17-8-3-4-9-18(17)24/h3-10,12H,11,13-14H2,1-2H3,(H,22,25)(H,23,26). The lowest BCUT2D eigenvalue weighted by Crippen LogP contribution is -2.33. The van der Waals surface area contributed by atoms with Crippen LogP contribution in [0.15, 0.2) is 54.7 Å². The minimum atomic E-state index is -0.220. The van der Waals surface area contributed by atoms with E-state index in [0.29, 0.717) is 13.0 Å². The maximum Gasteiger partial charge on any atom is 0.243 e. The topological polar surface area (TPSA) is 63.1 Å². The van der Waals surface area contributed by atoms with E-state index < -0.39 is 0 Å². The molecule has 0 atom stereocenters. The molecule has 5 nitrogen and oxygen atoms in total. The van der Waals surface area contributed by atoms with Gasteiger partial charge in [-0.2, -0.15) is 0 Å². The molecular weight excluding hydrogens is 326 g/mol. The number of para-hydroxylation sites is 2. The van der Waals surface area contributed by atoms with Crippen LogP contribution < -0.4 is 10.6 Å². The van der Waals surface area contributed by atoms with Gasteiger partial charge in [-0.15, -0.1) is 0 Å². The number of benzene rings is 2. The van der Waals surface area contributed by atoms with Crippen LogP contribution in [0.3, 0.4) is 0 Å². The zero-order valence-corrected chi connectivity index (χ0v) is 15.1. The van der Waals surface area contributed by atoms with Gasteiger partial charge in [0.25, 0.3) is 0 Å². The fraction of sp³-hybridized carbons (Fsp3) is 0.238. The molecule has 0 fully saturated rings. The highest BCUT2D eigenvalue weighted by Crippen LogP contribution is 2.19. The molecule has 0 unspecified atom stereocenters. The van der Waals surface area contributed by atoms with E-state index in [1.54, 1.807) is 0 Å². The Bertz CT molecular complexity index is 923. The summed E-state index contributed by atoms with van der Waals surface area (Å²) in [4.78, 5) is 24.2. The molecule has 0 radical (unpaired) electrons. The summed E-state index contributed by atoms with van der Waals surface area (Å²) in [6.07, 6.45) is 2.31. The number of hydrogen-bond acceptors (Lipinski definition) is 2. The molecule has 26 heavy (non-hydrogen) atoms. The maximum atomic E-state index is 12.1. The van der Waals surface area contributed by atoms with Gasteiger partial charge in [-0.05, 0) is 42.5 Å². The van der Waals surface area contributed by atoms with E-state index in [0.717, 1.165) is 27.7 Å². The third kappa shape index (κ3) is 4.11. The van der Waals surface area contributed by atoms with Crippen molar-refractivity contribution in [3.63, 3.8) is 0 Å². The summed E-state index contributed by atoms with van der Waals surface area (Å²) in [6, 6.07) is 15.9. The first-order valence-electron chi connectivity index (χ1n) is 8.71. The number of carbonyl (C=O) groups excluding carboxylic acids is 2. The summed E-state index contributed by atoms with van der Waals surface area (Å²) in [5.41, 5.74) is 3.92. The second-order valence-corrected chi connectivity index (χ2v) is 6.41. The highest BCUT2D eigenvalue weighted by molar-refractivity contribution is 5.95. The van der Waals surface area contributed by atoms with Crippen molar-refractivity contribution in [3.05, 3.63) is 65.9 Å². The number of fused-ring (bicyclic) bond motifs is 1. The maximum absolute atomic E-state index is 12.1. The van der Waals surface area contributed by atoms with E-state index in [1.807, 2.05) is 73.1 Å². The third-order valence-corrected chi connectivity index (χ3v) is 4.45. The first-order valence-corrected chi connectivity index (χ1v) is 8.71. The van der Waals surface area contributed by atoms with E-state index in [2.05, 4.69) is 10.6 Å². The van der Waals surface area contributed by atoms with Crippen LogP contribution in [0.25, 0.3) is 10.9 Å². The largest absolute Gasteiger partial charge is 0.347 e. The smallest absolute Gasteiger partial charge is 0.243 e. The van der Waals surface area contributed by atoms with Crippen molar-refractivity contribution < 1.29 is 9.59 Å². The van der Waals surface area contributed by atoms with E-state index in [-0.39, 0.29) is 18.4 Å². The summed E-state index contributed by atoms with van der Waals surface area (Å²) in [6.45, 7) is 4.45. The first-order chi connectivity index (χ1) is 12.5. The van der Waals surface area contributed by atoms with Gasteiger partial charge in [0.2, 0.25) is 11.8 Å². The van der Waals surface area contributed by atoms with Crippen LogP contribution in [0.5, 0.6) is 0 Å². The van der Waals surface area contributed by atoms with Gasteiger partial charge in [0.1, 0.15) is 0 Å². The number of aromatic nitrogens is 1. The van der Waals surface area contributed by atoms with Crippen molar-refractivity contribution in [1.29, 1.82) is 0 Å². The summed E-state index contributed by atoms with van der Waals surface area (Å²) >= 11 is 0. The second kappa shape index (κ2) is 7.87. The Hall–Kier alpha value is -3.08. The molecule has 5 heteroatoms. The summed E-state index contributed by atoms with van der Waals surface area (Å²) in [5, 5.41) is 6.71. The lowest BCUT2D eigenvalue weighted by molar-refractivity contribution is -0.124. The van der Waals surface area contributed by atoms with Crippen molar-refractivity contribution >= 4 is 28.4 Å². The molecule has 1 heterocycles. The number of nitrogens with one attached hydrogen (secondary N) is 2. The fourth-order valence-corrected chi connectivity index (χ4v) is 3.02. The Kier molecular flexibility index (Phi) is 5.37. The Balaban J connectivity index is 1.49. The van der Waals surface area contributed by atoms with Gasteiger partial charge < -0.3 is 15.2 Å². The lowest BCUT2D eigenvalue weighted by Gasteiger charge is -2.12. The minimum Gasteiger partial charge on any atom is -0.347 e. The zero-order chi connectivity index (χ0) is 18.5. The molecule has 2 N–H and O–H groups in total. The molecule has 0 saturated heterocycles. The lowest BCUT2D eigenvalue weighted by atomic mass is 10.1. The number of aryl methyl sites for hydroxylation is 3. The predicted molar refractivity (Wildman–Crippen MR) is 104 cm³/mol. The quantitative estimate of drug-likeness (QED) is 0.716. The van der Waals surface area contributed by atoms with Crippen LogP contribution in [0.2, 0.25) is 0 Å². The van der Waals surface area contributed by atoms with Crippen LogP contribution in [-0.4, -0.2) is 22.9 Å². The van der Waals surface area contributed by atoms with E-state index in [4.69, 9.17) is 0 Å². The SMILES string of the molecule is Cc1cccc(C)c1NC(=O)CNC(=O)CCn1ccc2ccccc21. The molecule has 134 valence electrons. The van der Waals surface area contributed by atoms with Gasteiger partial charge in [0, 0.05) is 30.4 Å². The Morgan fingerprint density at radius 3 is 2.42 bits per heavy atom. The number of hydrogen-bond donors (Lipinski definition) is 2. The van der Waals surface area contributed by atoms with Crippen LogP contribution in [-0.2, 0) is 16.1 Å². The molecule has 0 bridgehead atoms. The van der Waals surface area contributed by atoms with Crippen LogP contribution >= 0.6 is 0 Å². The molecule has 3 aromatic rings. The molecule has 0 saturated carbocycles. The van der Waals surface area contributed by atoms with E-state index in [9.17, 15) is 9.59 Å². The Labute approximate surface area is 153 Å². The molecule has 3 rings (SSSR count).